The van der Waals surface area contributed by atoms with Crippen LogP contribution < -0.4 is 10.5 Å². The second-order valence-electron chi connectivity index (χ2n) is 7.04. The molecule has 28 heavy (non-hydrogen) atoms. The Kier molecular flexibility index (Phi) is 4.54. The highest BCUT2D eigenvalue weighted by atomic mass is 19.1. The molecule has 0 aliphatic carbocycles. The maximum atomic E-state index is 13.1. The minimum absolute atomic E-state index is 0.0570. The summed E-state index contributed by atoms with van der Waals surface area (Å²) in [5.41, 5.74) is 1.19. The number of piperazine rings is 1. The van der Waals surface area contributed by atoms with Gasteiger partial charge in [0.1, 0.15) is 22.8 Å². The van der Waals surface area contributed by atoms with E-state index in [9.17, 15) is 14.0 Å². The average molecular weight is 381 g/mol. The molecule has 1 unspecified atom stereocenters. The first-order valence-corrected chi connectivity index (χ1v) is 9.09. The summed E-state index contributed by atoms with van der Waals surface area (Å²) in [7, 11) is 0. The molecule has 1 aliphatic heterocycles. The normalized spacial score (nSPS) is 17.2. The molecular formula is C20H20FN5O2. The molecular weight excluding hydrogens is 361 g/mol. The molecule has 4 rings (SSSR count). The number of aromatic nitrogens is 3. The summed E-state index contributed by atoms with van der Waals surface area (Å²) in [6.07, 6.45) is 4.18. The Balaban J connectivity index is 1.57. The molecule has 1 saturated heterocycles. The highest BCUT2D eigenvalue weighted by Gasteiger charge is 2.30. The predicted molar refractivity (Wildman–Crippen MR) is 103 cm³/mol. The highest BCUT2D eigenvalue weighted by Crippen LogP contribution is 2.18. The zero-order valence-corrected chi connectivity index (χ0v) is 15.7. The lowest BCUT2D eigenvalue weighted by Crippen LogP contribution is -2.55. The first kappa shape index (κ1) is 18.1. The molecule has 0 radical (unpaired) electrons. The fourth-order valence-corrected chi connectivity index (χ4v) is 3.50. The van der Waals surface area contributed by atoms with E-state index in [4.69, 9.17) is 0 Å². The van der Waals surface area contributed by atoms with E-state index in [2.05, 4.69) is 9.97 Å². The van der Waals surface area contributed by atoms with Crippen LogP contribution >= 0.6 is 0 Å². The standard InChI is InChI=1S/C20H20FN5O2/c1-13-5-6-26-18(9-13)23-11-16(20(26)28)19(27)25-8-7-24(12-14(25)2)17-4-3-15(21)10-22-17/h3-6,9-11,14H,7-8,12H2,1-2H3. The van der Waals surface area contributed by atoms with Gasteiger partial charge in [-0.3, -0.25) is 14.0 Å². The Bertz CT molecular complexity index is 1100. The Morgan fingerprint density at radius 2 is 2.00 bits per heavy atom. The van der Waals surface area contributed by atoms with Crippen LogP contribution in [0.2, 0.25) is 0 Å². The van der Waals surface area contributed by atoms with Crippen LogP contribution in [0.3, 0.4) is 0 Å². The number of amides is 1. The van der Waals surface area contributed by atoms with E-state index < -0.39 is 0 Å². The van der Waals surface area contributed by atoms with Gasteiger partial charge in [-0.05, 0) is 43.7 Å². The molecule has 1 atom stereocenters. The lowest BCUT2D eigenvalue weighted by Gasteiger charge is -2.40. The number of fused-ring (bicyclic) bond motifs is 1. The van der Waals surface area contributed by atoms with Crippen LogP contribution in [0, 0.1) is 12.7 Å². The molecule has 0 aromatic carbocycles. The van der Waals surface area contributed by atoms with E-state index in [-0.39, 0.29) is 28.9 Å². The molecule has 0 saturated carbocycles. The van der Waals surface area contributed by atoms with Crippen LogP contribution in [0.25, 0.3) is 5.65 Å². The molecule has 3 aromatic rings. The lowest BCUT2D eigenvalue weighted by atomic mass is 10.1. The molecule has 144 valence electrons. The third-order valence-corrected chi connectivity index (χ3v) is 5.02. The third-order valence-electron chi connectivity index (χ3n) is 5.02. The van der Waals surface area contributed by atoms with E-state index in [0.717, 1.165) is 5.56 Å². The quantitative estimate of drug-likeness (QED) is 0.678. The summed E-state index contributed by atoms with van der Waals surface area (Å²) < 4.78 is 14.5. The summed E-state index contributed by atoms with van der Waals surface area (Å²) in [6.45, 7) is 5.38. The number of hydrogen-bond acceptors (Lipinski definition) is 5. The van der Waals surface area contributed by atoms with Crippen molar-refractivity contribution >= 4 is 17.4 Å². The number of anilines is 1. The zero-order chi connectivity index (χ0) is 19.8. The van der Waals surface area contributed by atoms with Crippen molar-refractivity contribution < 1.29 is 9.18 Å². The van der Waals surface area contributed by atoms with Gasteiger partial charge in [-0.1, -0.05) is 0 Å². The molecule has 7 nitrogen and oxygen atoms in total. The van der Waals surface area contributed by atoms with Crippen LogP contribution in [-0.4, -0.2) is 50.9 Å². The topological polar surface area (TPSA) is 70.8 Å². The van der Waals surface area contributed by atoms with Crippen molar-refractivity contribution in [3.05, 3.63) is 70.2 Å². The van der Waals surface area contributed by atoms with E-state index >= 15 is 0 Å². The number of hydrogen-bond donors (Lipinski definition) is 0. The number of halogens is 1. The van der Waals surface area contributed by atoms with Gasteiger partial charge in [0, 0.05) is 38.1 Å². The first-order valence-electron chi connectivity index (χ1n) is 9.09. The van der Waals surface area contributed by atoms with Gasteiger partial charge in [0.25, 0.3) is 11.5 Å². The Morgan fingerprint density at radius 1 is 1.18 bits per heavy atom. The van der Waals surface area contributed by atoms with Gasteiger partial charge in [-0.2, -0.15) is 0 Å². The molecule has 0 bridgehead atoms. The van der Waals surface area contributed by atoms with E-state index in [0.29, 0.717) is 31.1 Å². The molecule has 8 heteroatoms. The number of carbonyl (C=O) groups is 1. The minimum Gasteiger partial charge on any atom is -0.353 e. The largest absolute Gasteiger partial charge is 0.353 e. The van der Waals surface area contributed by atoms with Crippen molar-refractivity contribution in [1.29, 1.82) is 0 Å². The van der Waals surface area contributed by atoms with Gasteiger partial charge >= 0.3 is 0 Å². The summed E-state index contributed by atoms with van der Waals surface area (Å²) in [4.78, 5) is 37.8. The summed E-state index contributed by atoms with van der Waals surface area (Å²) in [5.74, 6) is -0.0417. The lowest BCUT2D eigenvalue weighted by molar-refractivity contribution is 0.0671. The predicted octanol–water partition coefficient (Wildman–Crippen LogP) is 1.89. The number of pyridine rings is 2. The molecule has 1 amide bonds. The Labute approximate surface area is 161 Å². The third kappa shape index (κ3) is 3.21. The fourth-order valence-electron chi connectivity index (χ4n) is 3.50. The van der Waals surface area contributed by atoms with E-state index in [1.807, 2.05) is 18.7 Å². The van der Waals surface area contributed by atoms with E-state index in [1.54, 1.807) is 29.3 Å². The van der Waals surface area contributed by atoms with E-state index in [1.165, 1.54) is 22.9 Å². The van der Waals surface area contributed by atoms with Crippen LogP contribution in [0.5, 0.6) is 0 Å². The Hall–Kier alpha value is -3.29. The summed E-state index contributed by atoms with van der Waals surface area (Å²) in [5, 5.41) is 0. The molecule has 0 N–H and O–H groups in total. The molecule has 3 aromatic heterocycles. The van der Waals surface area contributed by atoms with Crippen LogP contribution in [0.1, 0.15) is 22.8 Å². The van der Waals surface area contributed by atoms with Crippen molar-refractivity contribution in [2.45, 2.75) is 19.9 Å². The number of nitrogens with zero attached hydrogens (tertiary/aromatic N) is 5. The fraction of sp³-hybridized carbons (Fsp3) is 0.300. The molecule has 1 aliphatic rings. The molecule has 1 fully saturated rings. The maximum absolute atomic E-state index is 13.1. The molecule has 4 heterocycles. The summed E-state index contributed by atoms with van der Waals surface area (Å²) >= 11 is 0. The minimum atomic E-state index is -0.384. The van der Waals surface area contributed by atoms with Crippen molar-refractivity contribution in [3.8, 4) is 0 Å². The number of rotatable bonds is 2. The van der Waals surface area contributed by atoms with Crippen molar-refractivity contribution in [1.82, 2.24) is 19.3 Å². The SMILES string of the molecule is Cc1ccn2c(=O)c(C(=O)N3CCN(c4ccc(F)cn4)CC3C)cnc2c1. The first-order chi connectivity index (χ1) is 13.4. The number of carbonyl (C=O) groups excluding carboxylic acids is 1. The van der Waals surface area contributed by atoms with Crippen LogP contribution in [0.15, 0.2) is 47.7 Å². The van der Waals surface area contributed by atoms with Gasteiger partial charge in [0.2, 0.25) is 0 Å². The van der Waals surface area contributed by atoms with Crippen LogP contribution in [-0.2, 0) is 0 Å². The van der Waals surface area contributed by atoms with Gasteiger partial charge in [0.05, 0.1) is 6.20 Å². The van der Waals surface area contributed by atoms with Crippen molar-refractivity contribution in [2.75, 3.05) is 24.5 Å². The van der Waals surface area contributed by atoms with Gasteiger partial charge in [0.15, 0.2) is 0 Å². The van der Waals surface area contributed by atoms with Gasteiger partial charge in [-0.25, -0.2) is 14.4 Å². The van der Waals surface area contributed by atoms with Gasteiger partial charge < -0.3 is 9.80 Å². The van der Waals surface area contributed by atoms with Crippen molar-refractivity contribution in [3.63, 3.8) is 0 Å². The zero-order valence-electron chi connectivity index (χ0n) is 15.7. The van der Waals surface area contributed by atoms with Crippen molar-refractivity contribution in [2.24, 2.45) is 0 Å². The second-order valence-corrected chi connectivity index (χ2v) is 7.04. The average Bonchev–Trinajstić information content (AvgIpc) is 2.68. The van der Waals surface area contributed by atoms with Gasteiger partial charge in [-0.15, -0.1) is 0 Å². The van der Waals surface area contributed by atoms with Crippen LogP contribution in [0.4, 0.5) is 10.2 Å². The Morgan fingerprint density at radius 3 is 2.71 bits per heavy atom. The second kappa shape index (κ2) is 7.03. The molecule has 0 spiro atoms. The highest BCUT2D eigenvalue weighted by molar-refractivity contribution is 5.94. The maximum Gasteiger partial charge on any atom is 0.270 e. The summed E-state index contributed by atoms with van der Waals surface area (Å²) in [6, 6.07) is 6.47. The number of aryl methyl sites for hydroxylation is 1. The monoisotopic (exact) mass is 381 g/mol. The smallest absolute Gasteiger partial charge is 0.270 e.